The van der Waals surface area contributed by atoms with Crippen LogP contribution in [0, 0.1) is 11.3 Å². The van der Waals surface area contributed by atoms with Crippen LogP contribution in [0.2, 0.25) is 0 Å². The Morgan fingerprint density at radius 3 is 2.12 bits per heavy atom. The fourth-order valence-electron chi connectivity index (χ4n) is 2.52. The standard InChI is InChI=1S/C13H25N3/c1-4-6-12(3)15-7-9-16(10-8-15)13(5-2)11-14/h12-13H,4-10H2,1-3H3. The Morgan fingerprint density at radius 2 is 1.69 bits per heavy atom. The first-order valence-electron chi connectivity index (χ1n) is 6.60. The summed E-state index contributed by atoms with van der Waals surface area (Å²) in [4.78, 5) is 4.89. The molecule has 0 aromatic rings. The number of nitrogens with zero attached hydrogens (tertiary/aromatic N) is 3. The van der Waals surface area contributed by atoms with Crippen LogP contribution in [0.25, 0.3) is 0 Å². The Labute approximate surface area is 100 Å². The van der Waals surface area contributed by atoms with Crippen molar-refractivity contribution in [3.63, 3.8) is 0 Å². The van der Waals surface area contributed by atoms with Gasteiger partial charge in [-0.25, -0.2) is 0 Å². The van der Waals surface area contributed by atoms with E-state index in [0.717, 1.165) is 32.6 Å². The first-order chi connectivity index (χ1) is 7.72. The molecular formula is C13H25N3. The van der Waals surface area contributed by atoms with Crippen LogP contribution < -0.4 is 0 Å². The molecule has 1 aliphatic heterocycles. The quantitative estimate of drug-likeness (QED) is 0.715. The van der Waals surface area contributed by atoms with Crippen molar-refractivity contribution in [2.75, 3.05) is 26.2 Å². The molecule has 2 unspecified atom stereocenters. The van der Waals surface area contributed by atoms with Crippen LogP contribution in [-0.4, -0.2) is 48.1 Å². The zero-order valence-electron chi connectivity index (χ0n) is 10.9. The van der Waals surface area contributed by atoms with Gasteiger partial charge in [0.15, 0.2) is 0 Å². The Kier molecular flexibility index (Phi) is 5.79. The normalized spacial score (nSPS) is 22.6. The second-order valence-electron chi connectivity index (χ2n) is 4.76. The van der Waals surface area contributed by atoms with Gasteiger partial charge in [-0.1, -0.05) is 20.3 Å². The van der Waals surface area contributed by atoms with Gasteiger partial charge in [0.1, 0.15) is 0 Å². The minimum Gasteiger partial charge on any atom is -0.298 e. The van der Waals surface area contributed by atoms with Crippen LogP contribution in [-0.2, 0) is 0 Å². The molecule has 1 aliphatic rings. The Balaban J connectivity index is 2.36. The summed E-state index contributed by atoms with van der Waals surface area (Å²) in [6.45, 7) is 11.0. The van der Waals surface area contributed by atoms with Gasteiger partial charge in [0, 0.05) is 32.2 Å². The first kappa shape index (κ1) is 13.5. The number of hydrogen-bond donors (Lipinski definition) is 0. The minimum atomic E-state index is 0.128. The fourth-order valence-corrected chi connectivity index (χ4v) is 2.52. The van der Waals surface area contributed by atoms with Gasteiger partial charge in [-0.3, -0.25) is 9.80 Å². The van der Waals surface area contributed by atoms with E-state index in [1.807, 2.05) is 0 Å². The molecule has 0 aromatic carbocycles. The predicted molar refractivity (Wildman–Crippen MR) is 67.2 cm³/mol. The third kappa shape index (κ3) is 3.47. The number of rotatable bonds is 5. The molecule has 1 rings (SSSR count). The Morgan fingerprint density at radius 1 is 1.12 bits per heavy atom. The Bertz CT molecular complexity index is 226. The van der Waals surface area contributed by atoms with E-state index in [9.17, 15) is 0 Å². The highest BCUT2D eigenvalue weighted by Gasteiger charge is 2.24. The topological polar surface area (TPSA) is 30.3 Å². The number of hydrogen-bond acceptors (Lipinski definition) is 3. The summed E-state index contributed by atoms with van der Waals surface area (Å²) in [7, 11) is 0. The maximum atomic E-state index is 9.03. The van der Waals surface area contributed by atoms with Crippen molar-refractivity contribution in [3.05, 3.63) is 0 Å². The molecule has 1 saturated heterocycles. The van der Waals surface area contributed by atoms with Crippen LogP contribution in [0.4, 0.5) is 0 Å². The van der Waals surface area contributed by atoms with Crippen molar-refractivity contribution >= 4 is 0 Å². The summed E-state index contributed by atoms with van der Waals surface area (Å²) in [6.07, 6.45) is 3.49. The zero-order valence-corrected chi connectivity index (χ0v) is 10.9. The van der Waals surface area contributed by atoms with E-state index in [0.29, 0.717) is 6.04 Å². The van der Waals surface area contributed by atoms with Gasteiger partial charge in [0.05, 0.1) is 12.1 Å². The van der Waals surface area contributed by atoms with E-state index in [1.54, 1.807) is 0 Å². The van der Waals surface area contributed by atoms with Gasteiger partial charge in [0.2, 0.25) is 0 Å². The molecule has 92 valence electrons. The molecule has 0 aliphatic carbocycles. The zero-order chi connectivity index (χ0) is 12.0. The Hall–Kier alpha value is -0.590. The van der Waals surface area contributed by atoms with Crippen LogP contribution in [0.5, 0.6) is 0 Å². The van der Waals surface area contributed by atoms with E-state index in [4.69, 9.17) is 5.26 Å². The molecule has 0 spiro atoms. The van der Waals surface area contributed by atoms with Crippen LogP contribution in [0.3, 0.4) is 0 Å². The molecule has 0 aromatic heterocycles. The smallest absolute Gasteiger partial charge is 0.0976 e. The predicted octanol–water partition coefficient (Wildman–Crippen LogP) is 2.09. The van der Waals surface area contributed by atoms with Gasteiger partial charge in [-0.05, 0) is 19.8 Å². The molecule has 0 amide bonds. The number of nitriles is 1. The largest absolute Gasteiger partial charge is 0.298 e. The lowest BCUT2D eigenvalue weighted by Gasteiger charge is -2.39. The highest BCUT2D eigenvalue weighted by Crippen LogP contribution is 2.13. The average Bonchev–Trinajstić information content (AvgIpc) is 2.32. The summed E-state index contributed by atoms with van der Waals surface area (Å²) >= 11 is 0. The molecule has 1 heterocycles. The summed E-state index contributed by atoms with van der Waals surface area (Å²) in [5, 5.41) is 9.03. The average molecular weight is 223 g/mol. The lowest BCUT2D eigenvalue weighted by molar-refractivity contribution is 0.0837. The monoisotopic (exact) mass is 223 g/mol. The molecular weight excluding hydrogens is 198 g/mol. The fraction of sp³-hybridized carbons (Fsp3) is 0.923. The van der Waals surface area contributed by atoms with Gasteiger partial charge >= 0.3 is 0 Å². The van der Waals surface area contributed by atoms with E-state index in [1.165, 1.54) is 12.8 Å². The SMILES string of the molecule is CCCC(C)N1CCN(C(C#N)CC)CC1. The van der Waals surface area contributed by atoms with Gasteiger partial charge in [-0.15, -0.1) is 0 Å². The molecule has 3 heteroatoms. The summed E-state index contributed by atoms with van der Waals surface area (Å²) in [5.41, 5.74) is 0. The van der Waals surface area contributed by atoms with E-state index >= 15 is 0 Å². The molecule has 16 heavy (non-hydrogen) atoms. The summed E-state index contributed by atoms with van der Waals surface area (Å²) in [5.74, 6) is 0. The third-order valence-electron chi connectivity index (χ3n) is 3.66. The van der Waals surface area contributed by atoms with Gasteiger partial charge in [-0.2, -0.15) is 5.26 Å². The molecule has 3 nitrogen and oxygen atoms in total. The first-order valence-corrected chi connectivity index (χ1v) is 6.60. The molecule has 0 N–H and O–H groups in total. The minimum absolute atomic E-state index is 0.128. The maximum Gasteiger partial charge on any atom is 0.0976 e. The molecule has 0 bridgehead atoms. The molecule has 0 saturated carbocycles. The van der Waals surface area contributed by atoms with Crippen LogP contribution in [0.1, 0.15) is 40.0 Å². The summed E-state index contributed by atoms with van der Waals surface area (Å²) < 4.78 is 0. The summed E-state index contributed by atoms with van der Waals surface area (Å²) in [6, 6.07) is 3.23. The lowest BCUT2D eigenvalue weighted by Crippen LogP contribution is -2.52. The van der Waals surface area contributed by atoms with Crippen molar-refractivity contribution in [1.29, 1.82) is 5.26 Å². The third-order valence-corrected chi connectivity index (χ3v) is 3.66. The van der Waals surface area contributed by atoms with Crippen molar-refractivity contribution < 1.29 is 0 Å². The maximum absolute atomic E-state index is 9.03. The van der Waals surface area contributed by atoms with E-state index in [2.05, 4.69) is 36.6 Å². The molecule has 0 radical (unpaired) electrons. The van der Waals surface area contributed by atoms with Crippen LogP contribution >= 0.6 is 0 Å². The van der Waals surface area contributed by atoms with Crippen molar-refractivity contribution in [2.24, 2.45) is 0 Å². The van der Waals surface area contributed by atoms with E-state index in [-0.39, 0.29) is 6.04 Å². The number of piperazine rings is 1. The highest BCUT2D eigenvalue weighted by molar-refractivity contribution is 4.93. The lowest BCUT2D eigenvalue weighted by atomic mass is 10.1. The molecule has 1 fully saturated rings. The van der Waals surface area contributed by atoms with Crippen molar-refractivity contribution in [3.8, 4) is 6.07 Å². The van der Waals surface area contributed by atoms with Crippen molar-refractivity contribution in [1.82, 2.24) is 9.80 Å². The van der Waals surface area contributed by atoms with Gasteiger partial charge < -0.3 is 0 Å². The highest BCUT2D eigenvalue weighted by atomic mass is 15.3. The van der Waals surface area contributed by atoms with Gasteiger partial charge in [0.25, 0.3) is 0 Å². The van der Waals surface area contributed by atoms with E-state index < -0.39 is 0 Å². The second kappa shape index (κ2) is 6.88. The second-order valence-corrected chi connectivity index (χ2v) is 4.76. The molecule has 2 atom stereocenters. The van der Waals surface area contributed by atoms with Crippen LogP contribution in [0.15, 0.2) is 0 Å². The van der Waals surface area contributed by atoms with Crippen molar-refractivity contribution in [2.45, 2.75) is 52.1 Å².